The Balaban J connectivity index is 1.51. The van der Waals surface area contributed by atoms with E-state index in [1.165, 1.54) is 24.2 Å². The molecule has 5 rings (SSSR count). The lowest BCUT2D eigenvalue weighted by Gasteiger charge is -2.35. The Labute approximate surface area is 188 Å². The van der Waals surface area contributed by atoms with Crippen LogP contribution in [0.3, 0.4) is 0 Å². The predicted molar refractivity (Wildman–Crippen MR) is 121 cm³/mol. The van der Waals surface area contributed by atoms with Gasteiger partial charge in [0.05, 0.1) is 0 Å². The maximum absolute atomic E-state index is 13.6. The van der Waals surface area contributed by atoms with E-state index in [1.807, 2.05) is 23.6 Å². The van der Waals surface area contributed by atoms with Crippen LogP contribution in [-0.2, 0) is 4.79 Å². The number of likely N-dealkylation sites (N-methyl/N-ethyl adjacent to an activating group) is 1. The molecule has 2 aromatic rings. The van der Waals surface area contributed by atoms with Crippen LogP contribution in [0.1, 0.15) is 42.3 Å². The van der Waals surface area contributed by atoms with Gasteiger partial charge in [-0.15, -0.1) is 0 Å². The summed E-state index contributed by atoms with van der Waals surface area (Å²) >= 11 is 0. The Bertz CT molecular complexity index is 1130. The number of aryl methyl sites for hydroxylation is 1. The number of benzene rings is 1. The molecule has 0 saturated carbocycles. The molecule has 0 radical (unpaired) electrons. The Kier molecular flexibility index (Phi) is 5.12. The Morgan fingerprint density at radius 3 is 2.53 bits per heavy atom. The molecule has 32 heavy (non-hydrogen) atoms. The Morgan fingerprint density at radius 1 is 1.06 bits per heavy atom. The molecule has 168 valence electrons. The monoisotopic (exact) mass is 435 g/mol. The van der Waals surface area contributed by atoms with Crippen LogP contribution in [0.5, 0.6) is 0 Å². The van der Waals surface area contributed by atoms with E-state index in [4.69, 9.17) is 4.99 Å². The first-order valence-electron chi connectivity index (χ1n) is 11.5. The van der Waals surface area contributed by atoms with E-state index in [0.29, 0.717) is 18.3 Å². The number of carbonyl (C=O) groups is 2. The van der Waals surface area contributed by atoms with Crippen molar-refractivity contribution in [2.75, 3.05) is 33.2 Å². The fraction of sp³-hybridized carbons (Fsp3) is 0.500. The van der Waals surface area contributed by atoms with E-state index in [2.05, 4.69) is 35.4 Å². The predicted octanol–water partition coefficient (Wildman–Crippen LogP) is 2.65. The number of carbonyl (C=O) groups excluding carboxylic acids is 2. The van der Waals surface area contributed by atoms with Crippen molar-refractivity contribution in [1.29, 1.82) is 0 Å². The molecule has 1 aromatic heterocycles. The minimum absolute atomic E-state index is 0.183. The van der Waals surface area contributed by atoms with Gasteiger partial charge in [0.25, 0.3) is 5.91 Å². The zero-order valence-corrected chi connectivity index (χ0v) is 19.3. The normalized spacial score (nSPS) is 21.1. The molecule has 1 aromatic carbocycles. The highest BCUT2D eigenvalue weighted by Crippen LogP contribution is 2.33. The first-order chi connectivity index (χ1) is 15.4. The fourth-order valence-electron chi connectivity index (χ4n) is 5.14. The van der Waals surface area contributed by atoms with Crippen LogP contribution in [0.2, 0.25) is 0 Å². The molecule has 2 fully saturated rings. The third-order valence-electron chi connectivity index (χ3n) is 7.06. The lowest BCUT2D eigenvalue weighted by Crippen LogP contribution is -2.64. The Hall–Kier alpha value is -3.00. The number of rotatable bonds is 4. The maximum atomic E-state index is 13.6. The number of amides is 3. The van der Waals surface area contributed by atoms with Gasteiger partial charge in [-0.05, 0) is 64.4 Å². The van der Waals surface area contributed by atoms with Crippen molar-refractivity contribution in [2.24, 2.45) is 4.99 Å². The first-order valence-corrected chi connectivity index (χ1v) is 11.5. The number of imide groups is 1. The third-order valence-corrected chi connectivity index (χ3v) is 7.06. The summed E-state index contributed by atoms with van der Waals surface area (Å²) in [6.07, 6.45) is 3.63. The third kappa shape index (κ3) is 3.16. The van der Waals surface area contributed by atoms with Gasteiger partial charge in [0.1, 0.15) is 17.1 Å². The van der Waals surface area contributed by atoms with Crippen molar-refractivity contribution < 1.29 is 14.2 Å². The SMILES string of the molecule is Cc1cccc(-n2c(C)c(C)[n+]3c2N=C2C3C(=O)N(CCN3CCCCC3)C(=O)N2C)c1. The van der Waals surface area contributed by atoms with Crippen molar-refractivity contribution in [3.05, 3.63) is 41.2 Å². The zero-order valence-electron chi connectivity index (χ0n) is 19.3. The quantitative estimate of drug-likeness (QED) is 0.694. The summed E-state index contributed by atoms with van der Waals surface area (Å²) < 4.78 is 4.07. The maximum Gasteiger partial charge on any atom is 0.407 e. The summed E-state index contributed by atoms with van der Waals surface area (Å²) in [5.74, 6) is 1.02. The Morgan fingerprint density at radius 2 is 1.81 bits per heavy atom. The number of hydrogen-bond donors (Lipinski definition) is 0. The number of piperidine rings is 1. The molecule has 0 spiro atoms. The number of urea groups is 1. The van der Waals surface area contributed by atoms with Gasteiger partial charge in [0.15, 0.2) is 0 Å². The number of hydrogen-bond acceptors (Lipinski definition) is 4. The minimum atomic E-state index is -0.598. The van der Waals surface area contributed by atoms with Crippen molar-refractivity contribution >= 4 is 23.7 Å². The summed E-state index contributed by atoms with van der Waals surface area (Å²) in [4.78, 5) is 36.8. The number of nitrogens with zero attached hydrogens (tertiary/aromatic N) is 6. The average molecular weight is 436 g/mol. The minimum Gasteiger partial charge on any atom is -0.302 e. The van der Waals surface area contributed by atoms with Gasteiger partial charge >= 0.3 is 12.0 Å². The smallest absolute Gasteiger partial charge is 0.302 e. The molecule has 3 aliphatic heterocycles. The highest BCUT2D eigenvalue weighted by molar-refractivity contribution is 6.19. The second kappa shape index (κ2) is 7.85. The topological polar surface area (TPSA) is 65.0 Å². The zero-order chi connectivity index (χ0) is 22.6. The summed E-state index contributed by atoms with van der Waals surface area (Å²) in [6.45, 7) is 9.35. The molecular formula is C24H31N6O2+. The highest BCUT2D eigenvalue weighted by Gasteiger charge is 2.54. The first kappa shape index (κ1) is 20.9. The number of imidazole rings is 1. The molecule has 3 amide bonds. The summed E-state index contributed by atoms with van der Waals surface area (Å²) in [7, 11) is 1.72. The van der Waals surface area contributed by atoms with E-state index in [-0.39, 0.29) is 11.9 Å². The lowest BCUT2D eigenvalue weighted by atomic mass is 10.1. The van der Waals surface area contributed by atoms with Gasteiger partial charge in [-0.3, -0.25) is 14.6 Å². The van der Waals surface area contributed by atoms with Crippen molar-refractivity contribution in [3.8, 4) is 5.69 Å². The van der Waals surface area contributed by atoms with E-state index < -0.39 is 6.04 Å². The number of aliphatic imine (C=N–C) groups is 1. The van der Waals surface area contributed by atoms with Crippen LogP contribution in [0.15, 0.2) is 29.3 Å². The van der Waals surface area contributed by atoms with Crippen LogP contribution in [0.4, 0.5) is 10.7 Å². The summed E-state index contributed by atoms with van der Waals surface area (Å²) in [5, 5.41) is 0. The van der Waals surface area contributed by atoms with E-state index in [9.17, 15) is 9.59 Å². The lowest BCUT2D eigenvalue weighted by molar-refractivity contribution is -0.682. The molecule has 0 N–H and O–H groups in total. The molecule has 4 heterocycles. The average Bonchev–Trinajstić information content (AvgIpc) is 3.28. The number of amidine groups is 1. The fourth-order valence-corrected chi connectivity index (χ4v) is 5.14. The largest absolute Gasteiger partial charge is 0.407 e. The van der Waals surface area contributed by atoms with Gasteiger partial charge < -0.3 is 4.90 Å². The summed E-state index contributed by atoms with van der Waals surface area (Å²) in [5.41, 5.74) is 4.19. The van der Waals surface area contributed by atoms with Gasteiger partial charge in [-0.25, -0.2) is 9.36 Å². The van der Waals surface area contributed by atoms with Crippen LogP contribution in [-0.4, -0.2) is 70.3 Å². The molecule has 8 heteroatoms. The van der Waals surface area contributed by atoms with Gasteiger partial charge in [0, 0.05) is 20.1 Å². The molecule has 1 atom stereocenters. The van der Waals surface area contributed by atoms with Gasteiger partial charge in [-0.2, -0.15) is 4.57 Å². The van der Waals surface area contributed by atoms with Crippen LogP contribution in [0, 0.1) is 20.8 Å². The van der Waals surface area contributed by atoms with Crippen molar-refractivity contribution in [3.63, 3.8) is 0 Å². The van der Waals surface area contributed by atoms with Crippen molar-refractivity contribution in [2.45, 2.75) is 46.1 Å². The van der Waals surface area contributed by atoms with E-state index in [0.717, 1.165) is 42.3 Å². The number of likely N-dealkylation sites (tertiary alicyclic amines) is 1. The van der Waals surface area contributed by atoms with Gasteiger partial charge in [-0.1, -0.05) is 23.5 Å². The van der Waals surface area contributed by atoms with Crippen LogP contribution >= 0.6 is 0 Å². The molecular weight excluding hydrogens is 404 g/mol. The molecule has 2 saturated heterocycles. The molecule has 8 nitrogen and oxygen atoms in total. The highest BCUT2D eigenvalue weighted by atomic mass is 16.2. The van der Waals surface area contributed by atoms with Gasteiger partial charge in [0.2, 0.25) is 11.9 Å². The van der Waals surface area contributed by atoms with Crippen LogP contribution < -0.4 is 4.57 Å². The second-order valence-electron chi connectivity index (χ2n) is 9.12. The standard InChI is InChI=1S/C24H31N6O2/c1-16-9-8-10-19(15-16)29-17(2)18(3)30-20-21(25-23(29)30)26(4)24(32)28(22(20)31)14-13-27-11-6-5-7-12-27/h8-10,15,20H,5-7,11-14H2,1-4H3/q+1. The number of fused-ring (bicyclic) bond motifs is 3. The molecule has 3 aliphatic rings. The summed E-state index contributed by atoms with van der Waals surface area (Å²) in [6, 6.07) is 7.35. The molecule has 1 unspecified atom stereocenters. The van der Waals surface area contributed by atoms with Crippen LogP contribution in [0.25, 0.3) is 5.69 Å². The van der Waals surface area contributed by atoms with Crippen molar-refractivity contribution in [1.82, 2.24) is 19.3 Å². The van der Waals surface area contributed by atoms with E-state index >= 15 is 0 Å². The molecule has 0 aliphatic carbocycles. The van der Waals surface area contributed by atoms with E-state index in [1.54, 1.807) is 11.9 Å². The molecule has 0 bridgehead atoms. The second-order valence-corrected chi connectivity index (χ2v) is 9.12. The number of aromatic nitrogens is 2.